The third kappa shape index (κ3) is 2.49. The van der Waals surface area contributed by atoms with Crippen LogP contribution in [0.3, 0.4) is 0 Å². The van der Waals surface area contributed by atoms with Crippen LogP contribution in [0, 0.1) is 22.7 Å². The van der Waals surface area contributed by atoms with Gasteiger partial charge in [0, 0.05) is 24.9 Å². The second-order valence-corrected chi connectivity index (χ2v) is 4.92. The van der Waals surface area contributed by atoms with Crippen LogP contribution in [0.1, 0.15) is 27.2 Å². The summed E-state index contributed by atoms with van der Waals surface area (Å²) in [6, 6.07) is 0. The Morgan fingerprint density at radius 3 is 2.36 bits per heavy atom. The molecule has 1 heterocycles. The molecule has 1 saturated heterocycles. The van der Waals surface area contributed by atoms with E-state index in [1.807, 2.05) is 20.8 Å². The number of rotatable bonds is 2. The first kappa shape index (κ1) is 11.1. The Labute approximate surface area is 84.9 Å². The number of nitrogens with one attached hydrogen (secondary N) is 1. The molecule has 0 aromatic rings. The lowest BCUT2D eigenvalue weighted by Gasteiger charge is -2.37. The van der Waals surface area contributed by atoms with Gasteiger partial charge in [0.2, 0.25) is 0 Å². The Balaban J connectivity index is 2.58. The van der Waals surface area contributed by atoms with Gasteiger partial charge in [-0.1, -0.05) is 5.92 Å². The highest BCUT2D eigenvalue weighted by molar-refractivity contribution is 5.77. The molecule has 0 saturated carbocycles. The highest BCUT2D eigenvalue weighted by Gasteiger charge is 2.43. The van der Waals surface area contributed by atoms with Crippen molar-refractivity contribution in [2.24, 2.45) is 10.8 Å². The maximum Gasteiger partial charge on any atom is 0.313 e. The third-order valence-corrected chi connectivity index (χ3v) is 2.27. The van der Waals surface area contributed by atoms with Gasteiger partial charge in [-0.2, -0.15) is 0 Å². The van der Waals surface area contributed by atoms with E-state index in [0.29, 0.717) is 19.5 Å². The molecule has 14 heavy (non-hydrogen) atoms. The summed E-state index contributed by atoms with van der Waals surface area (Å²) >= 11 is 0. The van der Waals surface area contributed by atoms with Gasteiger partial charge in [0.05, 0.1) is 0 Å². The van der Waals surface area contributed by atoms with Gasteiger partial charge in [-0.15, -0.1) is 5.92 Å². The van der Waals surface area contributed by atoms with Gasteiger partial charge >= 0.3 is 5.97 Å². The van der Waals surface area contributed by atoms with Crippen molar-refractivity contribution >= 4 is 5.97 Å². The van der Waals surface area contributed by atoms with Crippen molar-refractivity contribution in [1.82, 2.24) is 5.32 Å². The topological polar surface area (TPSA) is 49.3 Å². The van der Waals surface area contributed by atoms with Crippen molar-refractivity contribution in [3.05, 3.63) is 0 Å². The summed E-state index contributed by atoms with van der Waals surface area (Å²) in [6.07, 6.45) is 0.451. The van der Waals surface area contributed by atoms with Crippen LogP contribution in [-0.2, 0) is 4.79 Å². The van der Waals surface area contributed by atoms with E-state index in [-0.39, 0.29) is 5.41 Å². The number of carbonyl (C=O) groups is 1. The third-order valence-electron chi connectivity index (χ3n) is 2.27. The largest absolute Gasteiger partial charge is 0.481 e. The average molecular weight is 195 g/mol. The van der Waals surface area contributed by atoms with E-state index in [1.165, 1.54) is 0 Å². The molecule has 3 heteroatoms. The van der Waals surface area contributed by atoms with Crippen molar-refractivity contribution in [3.8, 4) is 11.8 Å². The Bertz CT molecular complexity index is 287. The predicted molar refractivity (Wildman–Crippen MR) is 54.8 cm³/mol. The standard InChI is InChI=1S/C11H17NO2/c1-10(2,3)5-4-6-11(9(13)14)7-12-8-11/h12H,6-8H2,1-3H3,(H,13,14). The molecule has 1 aliphatic rings. The summed E-state index contributed by atoms with van der Waals surface area (Å²) in [7, 11) is 0. The van der Waals surface area contributed by atoms with Crippen LogP contribution in [0.2, 0.25) is 0 Å². The van der Waals surface area contributed by atoms with Crippen molar-refractivity contribution in [2.45, 2.75) is 27.2 Å². The first-order valence-corrected chi connectivity index (χ1v) is 4.80. The molecule has 3 nitrogen and oxygen atoms in total. The molecule has 0 atom stereocenters. The zero-order valence-electron chi connectivity index (χ0n) is 8.98. The summed E-state index contributed by atoms with van der Waals surface area (Å²) < 4.78 is 0. The van der Waals surface area contributed by atoms with Crippen molar-refractivity contribution in [3.63, 3.8) is 0 Å². The number of hydrogen-bond donors (Lipinski definition) is 2. The van der Waals surface area contributed by atoms with Gasteiger partial charge in [0.1, 0.15) is 5.41 Å². The number of carboxylic acid groups (broad SMARTS) is 1. The maximum atomic E-state index is 11.0. The van der Waals surface area contributed by atoms with Gasteiger partial charge in [-0.05, 0) is 20.8 Å². The summed E-state index contributed by atoms with van der Waals surface area (Å²) in [5.74, 6) is 5.30. The molecule has 0 aromatic heterocycles. The molecule has 0 bridgehead atoms. The van der Waals surface area contributed by atoms with Crippen LogP contribution in [0.5, 0.6) is 0 Å². The van der Waals surface area contributed by atoms with Crippen molar-refractivity contribution < 1.29 is 9.90 Å². The monoisotopic (exact) mass is 195 g/mol. The van der Waals surface area contributed by atoms with Gasteiger partial charge in [0.15, 0.2) is 0 Å². The normalized spacial score (nSPS) is 19.1. The zero-order chi connectivity index (χ0) is 10.8. The van der Waals surface area contributed by atoms with E-state index in [9.17, 15) is 4.79 Å². The van der Waals surface area contributed by atoms with Gasteiger partial charge in [-0.25, -0.2) is 0 Å². The molecular formula is C11H17NO2. The number of hydrogen-bond acceptors (Lipinski definition) is 2. The second-order valence-electron chi connectivity index (χ2n) is 4.92. The van der Waals surface area contributed by atoms with Gasteiger partial charge in [0.25, 0.3) is 0 Å². The minimum atomic E-state index is -0.737. The van der Waals surface area contributed by atoms with E-state index in [4.69, 9.17) is 5.11 Å². The van der Waals surface area contributed by atoms with Crippen LogP contribution in [0.25, 0.3) is 0 Å². The summed E-state index contributed by atoms with van der Waals surface area (Å²) in [6.45, 7) is 7.15. The number of aliphatic carboxylic acids is 1. The SMILES string of the molecule is CC(C)(C)C#CCC1(C(=O)O)CNC1. The van der Waals surface area contributed by atoms with E-state index < -0.39 is 11.4 Å². The van der Waals surface area contributed by atoms with E-state index in [1.54, 1.807) is 0 Å². The Hall–Kier alpha value is -1.01. The Morgan fingerprint density at radius 1 is 1.50 bits per heavy atom. The molecule has 78 valence electrons. The van der Waals surface area contributed by atoms with Crippen molar-refractivity contribution in [2.75, 3.05) is 13.1 Å². The fourth-order valence-electron chi connectivity index (χ4n) is 1.26. The van der Waals surface area contributed by atoms with Gasteiger partial charge in [-0.3, -0.25) is 4.79 Å². The lowest BCUT2D eigenvalue weighted by molar-refractivity contribution is -0.151. The highest BCUT2D eigenvalue weighted by atomic mass is 16.4. The fraction of sp³-hybridized carbons (Fsp3) is 0.727. The Morgan fingerprint density at radius 2 is 2.07 bits per heavy atom. The minimum absolute atomic E-state index is 0.0448. The van der Waals surface area contributed by atoms with E-state index in [2.05, 4.69) is 17.2 Å². The molecule has 0 spiro atoms. The molecular weight excluding hydrogens is 178 g/mol. The van der Waals surface area contributed by atoms with Crippen molar-refractivity contribution in [1.29, 1.82) is 0 Å². The fourth-order valence-corrected chi connectivity index (χ4v) is 1.26. The van der Waals surface area contributed by atoms with Crippen LogP contribution >= 0.6 is 0 Å². The van der Waals surface area contributed by atoms with E-state index >= 15 is 0 Å². The molecule has 0 unspecified atom stereocenters. The van der Waals surface area contributed by atoms with Crippen LogP contribution < -0.4 is 5.32 Å². The molecule has 0 radical (unpaired) electrons. The summed E-state index contributed by atoms with van der Waals surface area (Å²) in [5.41, 5.74) is -0.672. The van der Waals surface area contributed by atoms with Crippen LogP contribution in [0.4, 0.5) is 0 Å². The summed E-state index contributed by atoms with van der Waals surface area (Å²) in [4.78, 5) is 11.0. The van der Waals surface area contributed by atoms with Crippen LogP contribution in [-0.4, -0.2) is 24.2 Å². The van der Waals surface area contributed by atoms with Gasteiger partial charge < -0.3 is 10.4 Å². The lowest BCUT2D eigenvalue weighted by Crippen LogP contribution is -2.57. The molecule has 0 aromatic carbocycles. The smallest absolute Gasteiger partial charge is 0.313 e. The molecule has 1 rings (SSSR count). The lowest BCUT2D eigenvalue weighted by atomic mass is 9.78. The zero-order valence-corrected chi connectivity index (χ0v) is 8.98. The highest BCUT2D eigenvalue weighted by Crippen LogP contribution is 2.26. The molecule has 1 fully saturated rings. The first-order valence-electron chi connectivity index (χ1n) is 4.80. The molecule has 1 aliphatic heterocycles. The quantitative estimate of drug-likeness (QED) is 0.649. The average Bonchev–Trinajstić information content (AvgIpc) is 1.91. The maximum absolute atomic E-state index is 11.0. The Kier molecular flexibility index (Phi) is 2.86. The minimum Gasteiger partial charge on any atom is -0.481 e. The molecule has 0 aliphatic carbocycles. The number of carboxylic acids is 1. The van der Waals surface area contributed by atoms with Crippen LogP contribution in [0.15, 0.2) is 0 Å². The molecule has 0 amide bonds. The summed E-state index contributed by atoms with van der Waals surface area (Å²) in [5, 5.41) is 12.0. The first-order chi connectivity index (χ1) is 6.36. The second kappa shape index (κ2) is 3.62. The predicted octanol–water partition coefficient (Wildman–Crippen LogP) is 1.10. The molecule has 2 N–H and O–H groups in total. The van der Waals surface area contributed by atoms with E-state index in [0.717, 1.165) is 0 Å².